The molecule has 0 rings (SSSR count). The summed E-state index contributed by atoms with van der Waals surface area (Å²) in [7, 11) is 0. The average Bonchev–Trinajstić information content (AvgIpc) is 2.39. The summed E-state index contributed by atoms with van der Waals surface area (Å²) in [6, 6.07) is 0. The van der Waals surface area contributed by atoms with Crippen molar-refractivity contribution in [1.82, 2.24) is 0 Å². The van der Waals surface area contributed by atoms with E-state index in [1.54, 1.807) is 13.3 Å². The third-order valence-electron chi connectivity index (χ3n) is 3.06. The topological polar surface area (TPSA) is 0 Å². The van der Waals surface area contributed by atoms with Crippen LogP contribution < -0.4 is 0 Å². The monoisotopic (exact) mass is 381 g/mol. The Morgan fingerprint density at radius 3 is 1.11 bits per heavy atom. The van der Waals surface area contributed by atoms with Gasteiger partial charge in [-0.05, 0) is 11.5 Å². The van der Waals surface area contributed by atoms with Crippen LogP contribution in [0.4, 0.5) is 0 Å². The van der Waals surface area contributed by atoms with Gasteiger partial charge in [-0.25, -0.2) is 0 Å². The summed E-state index contributed by atoms with van der Waals surface area (Å²) in [5.41, 5.74) is 0. The van der Waals surface area contributed by atoms with Crippen LogP contribution in [0.15, 0.2) is 0 Å². The van der Waals surface area contributed by atoms with Crippen molar-refractivity contribution >= 4 is 31.5 Å². The molecular formula is C16H37SSn. The molecule has 0 fully saturated rings. The van der Waals surface area contributed by atoms with Gasteiger partial charge in [-0.15, -0.1) is 0 Å². The van der Waals surface area contributed by atoms with Crippen molar-refractivity contribution in [1.29, 1.82) is 0 Å². The number of rotatable bonds is 11. The zero-order valence-electron chi connectivity index (χ0n) is 13.7. The van der Waals surface area contributed by atoms with Crippen LogP contribution in [0.2, 0.25) is 13.3 Å². The Balaban J connectivity index is 0. The molecule has 0 amide bonds. The van der Waals surface area contributed by atoms with Gasteiger partial charge in [0.05, 0.1) is 0 Å². The van der Waals surface area contributed by atoms with Crippen molar-refractivity contribution in [3.05, 3.63) is 0 Å². The van der Waals surface area contributed by atoms with Gasteiger partial charge in [0.1, 0.15) is 0 Å². The minimum atomic E-state index is -0.839. The second-order valence-electron chi connectivity index (χ2n) is 4.84. The normalized spacial score (nSPS) is 10.3. The van der Waals surface area contributed by atoms with Gasteiger partial charge in [0.25, 0.3) is 0 Å². The average molecular weight is 380 g/mol. The van der Waals surface area contributed by atoms with E-state index in [1.807, 2.05) is 11.8 Å². The molecule has 0 bridgehead atoms. The molecule has 1 radical (unpaired) electrons. The summed E-state index contributed by atoms with van der Waals surface area (Å²) in [6.45, 7) is 11.4. The maximum atomic E-state index is 2.33. The standard InChI is InChI=1S/C4H10S.3C4H9.Sn/c1-3-5-4-2;3*1-3-4-2;/h3-4H2,1-2H3;3*1,3-4H2,2H3;. The van der Waals surface area contributed by atoms with Crippen LogP contribution in [0, 0.1) is 0 Å². The molecule has 111 valence electrons. The molecule has 0 saturated heterocycles. The van der Waals surface area contributed by atoms with Gasteiger partial charge in [-0.1, -0.05) is 13.8 Å². The van der Waals surface area contributed by atoms with E-state index in [1.165, 1.54) is 50.0 Å². The molecule has 0 aromatic rings. The van der Waals surface area contributed by atoms with E-state index in [0.29, 0.717) is 0 Å². The van der Waals surface area contributed by atoms with Gasteiger partial charge < -0.3 is 0 Å². The molecule has 2 heteroatoms. The fourth-order valence-corrected chi connectivity index (χ4v) is 11.7. The molecular weight excluding hydrogens is 343 g/mol. The molecule has 0 atom stereocenters. The fourth-order valence-electron chi connectivity index (χ4n) is 1.86. The van der Waals surface area contributed by atoms with Crippen molar-refractivity contribution in [3.8, 4) is 0 Å². The molecule has 0 saturated carbocycles. The SMILES string of the molecule is CCC[CH2][Sn]([CH2]CCC)[CH2]CCC.CCSCC. The summed E-state index contributed by atoms with van der Waals surface area (Å²) in [5, 5.41) is 0. The minimum absolute atomic E-state index is 0.839. The molecule has 0 aromatic carbocycles. The van der Waals surface area contributed by atoms with Crippen molar-refractivity contribution in [2.24, 2.45) is 0 Å². The Labute approximate surface area is 129 Å². The number of unbranched alkanes of at least 4 members (excludes halogenated alkanes) is 3. The van der Waals surface area contributed by atoms with Crippen molar-refractivity contribution in [2.75, 3.05) is 11.5 Å². The van der Waals surface area contributed by atoms with Gasteiger partial charge in [0.15, 0.2) is 0 Å². The second-order valence-corrected chi connectivity index (χ2v) is 15.0. The zero-order chi connectivity index (χ0) is 14.1. The van der Waals surface area contributed by atoms with Crippen LogP contribution in [-0.4, -0.2) is 31.3 Å². The van der Waals surface area contributed by atoms with Gasteiger partial charge in [-0.2, -0.15) is 11.8 Å². The Morgan fingerprint density at radius 1 is 0.611 bits per heavy atom. The molecule has 0 N–H and O–H groups in total. The smallest absolute Gasteiger partial charge is 0.00961 e. The Kier molecular flexibility index (Phi) is 24.4. The van der Waals surface area contributed by atoms with E-state index in [4.69, 9.17) is 0 Å². The molecule has 0 aliphatic heterocycles. The number of hydrogen-bond acceptors (Lipinski definition) is 1. The number of hydrogen-bond donors (Lipinski definition) is 0. The predicted octanol–water partition coefficient (Wildman–Crippen LogP) is 6.64. The first kappa shape index (κ1) is 21.4. The van der Waals surface area contributed by atoms with E-state index >= 15 is 0 Å². The predicted molar refractivity (Wildman–Crippen MR) is 93.6 cm³/mol. The molecule has 0 aromatic heterocycles. The van der Waals surface area contributed by atoms with Crippen LogP contribution in [0.3, 0.4) is 0 Å². The summed E-state index contributed by atoms with van der Waals surface area (Å²) >= 11 is 1.12. The Bertz CT molecular complexity index is 107. The van der Waals surface area contributed by atoms with Gasteiger partial charge in [0, 0.05) is 0 Å². The summed E-state index contributed by atoms with van der Waals surface area (Å²) < 4.78 is 5.04. The summed E-state index contributed by atoms with van der Waals surface area (Å²) in [6.07, 6.45) is 8.85. The van der Waals surface area contributed by atoms with E-state index in [-0.39, 0.29) is 0 Å². The van der Waals surface area contributed by atoms with E-state index in [9.17, 15) is 0 Å². The maximum absolute atomic E-state index is 2.33. The minimum Gasteiger partial charge on any atom is -0.163 e. The van der Waals surface area contributed by atoms with Crippen LogP contribution in [0.5, 0.6) is 0 Å². The van der Waals surface area contributed by atoms with Crippen molar-refractivity contribution in [2.45, 2.75) is 86.5 Å². The first-order chi connectivity index (χ1) is 8.76. The van der Waals surface area contributed by atoms with Crippen LogP contribution >= 0.6 is 11.8 Å². The molecule has 0 nitrogen and oxygen atoms in total. The largest absolute Gasteiger partial charge is 0.163 e. The van der Waals surface area contributed by atoms with Crippen molar-refractivity contribution in [3.63, 3.8) is 0 Å². The molecule has 0 spiro atoms. The zero-order valence-corrected chi connectivity index (χ0v) is 17.4. The van der Waals surface area contributed by atoms with Crippen molar-refractivity contribution < 1.29 is 0 Å². The molecule has 0 aliphatic rings. The number of thioether (sulfide) groups is 1. The summed E-state index contributed by atoms with van der Waals surface area (Å²) in [5.74, 6) is 2.52. The van der Waals surface area contributed by atoms with Gasteiger partial charge in [-0.3, -0.25) is 0 Å². The first-order valence-electron chi connectivity index (χ1n) is 8.17. The van der Waals surface area contributed by atoms with E-state index < -0.39 is 19.8 Å². The third kappa shape index (κ3) is 19.5. The molecule has 0 heterocycles. The maximum Gasteiger partial charge on any atom is -0.00961 e. The van der Waals surface area contributed by atoms with Gasteiger partial charge in [0.2, 0.25) is 0 Å². The Hall–Kier alpha value is 1.15. The van der Waals surface area contributed by atoms with E-state index in [0.717, 1.165) is 0 Å². The quantitative estimate of drug-likeness (QED) is 0.362. The third-order valence-corrected chi connectivity index (χ3v) is 13.0. The first-order valence-corrected chi connectivity index (χ1v) is 15.4. The van der Waals surface area contributed by atoms with E-state index in [2.05, 4.69) is 34.6 Å². The fraction of sp³-hybridized carbons (Fsp3) is 1.00. The Morgan fingerprint density at radius 2 is 0.944 bits per heavy atom. The molecule has 0 aliphatic carbocycles. The summed E-state index contributed by atoms with van der Waals surface area (Å²) in [4.78, 5) is 0. The second kappa shape index (κ2) is 20.5. The molecule has 0 unspecified atom stereocenters. The van der Waals surface area contributed by atoms with Crippen LogP contribution in [0.25, 0.3) is 0 Å². The molecule has 18 heavy (non-hydrogen) atoms. The van der Waals surface area contributed by atoms with Crippen LogP contribution in [-0.2, 0) is 0 Å². The van der Waals surface area contributed by atoms with Crippen LogP contribution in [0.1, 0.15) is 73.1 Å². The van der Waals surface area contributed by atoms with Gasteiger partial charge >= 0.3 is 92.4 Å².